The van der Waals surface area contributed by atoms with Crippen LogP contribution >= 0.6 is 11.6 Å². The van der Waals surface area contributed by atoms with E-state index in [1.54, 1.807) is 7.11 Å². The Hall–Kier alpha value is -1.51. The van der Waals surface area contributed by atoms with E-state index in [1.165, 1.54) is 11.1 Å². The van der Waals surface area contributed by atoms with Gasteiger partial charge in [0.25, 0.3) is 0 Å². The third-order valence-corrected chi connectivity index (χ3v) is 3.96. The maximum Gasteiger partial charge on any atom is 0.123 e. The number of rotatable bonds is 6. The minimum absolute atomic E-state index is 0.185. The lowest BCUT2D eigenvalue weighted by molar-refractivity contribution is 0.399. The molecule has 2 aromatic carbocycles. The van der Waals surface area contributed by atoms with Gasteiger partial charge in [0.15, 0.2) is 0 Å². The van der Waals surface area contributed by atoms with E-state index in [-0.39, 0.29) is 6.04 Å². The van der Waals surface area contributed by atoms with Crippen molar-refractivity contribution in [2.24, 2.45) is 0 Å². The van der Waals surface area contributed by atoms with Gasteiger partial charge in [-0.05, 0) is 37.6 Å². The highest BCUT2D eigenvalue weighted by Gasteiger charge is 2.17. The van der Waals surface area contributed by atoms with Gasteiger partial charge in [0.1, 0.15) is 5.75 Å². The van der Waals surface area contributed by atoms with Gasteiger partial charge in [-0.3, -0.25) is 0 Å². The lowest BCUT2D eigenvalue weighted by atomic mass is 9.96. The van der Waals surface area contributed by atoms with Crippen molar-refractivity contribution in [3.63, 3.8) is 0 Å². The minimum Gasteiger partial charge on any atom is -0.496 e. The second-order valence-electron chi connectivity index (χ2n) is 5.15. The fourth-order valence-corrected chi connectivity index (χ4v) is 2.76. The van der Waals surface area contributed by atoms with Crippen LogP contribution < -0.4 is 10.1 Å². The van der Waals surface area contributed by atoms with Crippen LogP contribution in [0.1, 0.15) is 29.7 Å². The topological polar surface area (TPSA) is 21.3 Å². The second-order valence-corrected chi connectivity index (χ2v) is 5.56. The number of ether oxygens (including phenoxy) is 1. The Kier molecular flexibility index (Phi) is 5.66. The van der Waals surface area contributed by atoms with E-state index < -0.39 is 0 Å². The summed E-state index contributed by atoms with van der Waals surface area (Å²) in [6.45, 7) is 5.11. The molecule has 1 unspecified atom stereocenters. The van der Waals surface area contributed by atoms with Crippen LogP contribution in [0.25, 0.3) is 0 Å². The smallest absolute Gasteiger partial charge is 0.123 e. The molecule has 0 aromatic heterocycles. The fourth-order valence-electron chi connectivity index (χ4n) is 2.55. The van der Waals surface area contributed by atoms with E-state index in [1.807, 2.05) is 24.3 Å². The molecule has 112 valence electrons. The van der Waals surface area contributed by atoms with Crippen LogP contribution in [-0.4, -0.2) is 13.7 Å². The molecule has 0 aliphatic heterocycles. The van der Waals surface area contributed by atoms with E-state index in [0.717, 1.165) is 29.3 Å². The first-order chi connectivity index (χ1) is 10.2. The van der Waals surface area contributed by atoms with Crippen LogP contribution in [0.4, 0.5) is 0 Å². The molecule has 3 heteroatoms. The quantitative estimate of drug-likeness (QED) is 0.845. The second kappa shape index (κ2) is 7.48. The van der Waals surface area contributed by atoms with Crippen LogP contribution in [0.5, 0.6) is 5.75 Å². The molecule has 0 aliphatic carbocycles. The number of likely N-dealkylation sites (N-methyl/N-ethyl adjacent to an activating group) is 1. The van der Waals surface area contributed by atoms with E-state index in [0.29, 0.717) is 0 Å². The third kappa shape index (κ3) is 3.99. The van der Waals surface area contributed by atoms with Crippen molar-refractivity contribution >= 4 is 11.6 Å². The van der Waals surface area contributed by atoms with Crippen molar-refractivity contribution in [3.8, 4) is 5.75 Å². The van der Waals surface area contributed by atoms with Crippen LogP contribution in [-0.2, 0) is 6.42 Å². The predicted molar refractivity (Wildman–Crippen MR) is 89.3 cm³/mol. The van der Waals surface area contributed by atoms with Gasteiger partial charge in [0.2, 0.25) is 0 Å². The number of aryl methyl sites for hydroxylation is 1. The summed E-state index contributed by atoms with van der Waals surface area (Å²) in [7, 11) is 1.71. The zero-order valence-corrected chi connectivity index (χ0v) is 13.6. The van der Waals surface area contributed by atoms with Gasteiger partial charge in [-0.25, -0.2) is 0 Å². The van der Waals surface area contributed by atoms with Crippen molar-refractivity contribution < 1.29 is 4.74 Å². The van der Waals surface area contributed by atoms with E-state index in [2.05, 4.69) is 37.4 Å². The highest BCUT2D eigenvalue weighted by molar-refractivity contribution is 6.31. The lowest BCUT2D eigenvalue weighted by Crippen LogP contribution is -2.23. The zero-order chi connectivity index (χ0) is 15.2. The molecule has 1 N–H and O–H groups in total. The Morgan fingerprint density at radius 3 is 2.62 bits per heavy atom. The molecule has 0 heterocycles. The zero-order valence-electron chi connectivity index (χ0n) is 12.8. The molecule has 0 radical (unpaired) electrons. The number of halogens is 1. The van der Waals surface area contributed by atoms with Crippen LogP contribution in [0, 0.1) is 6.92 Å². The fraction of sp³-hybridized carbons (Fsp3) is 0.333. The van der Waals surface area contributed by atoms with E-state index >= 15 is 0 Å². The average molecular weight is 304 g/mol. The Bertz CT molecular complexity index is 598. The molecule has 0 bridgehead atoms. The summed E-state index contributed by atoms with van der Waals surface area (Å²) in [5.41, 5.74) is 3.56. The van der Waals surface area contributed by atoms with Gasteiger partial charge in [0.05, 0.1) is 7.11 Å². The van der Waals surface area contributed by atoms with Crippen LogP contribution in [0.3, 0.4) is 0 Å². The predicted octanol–water partition coefficient (Wildman–Crippen LogP) is 4.55. The summed E-state index contributed by atoms with van der Waals surface area (Å²) in [6, 6.07) is 14.5. The number of nitrogens with one attached hydrogen (secondary N) is 1. The largest absolute Gasteiger partial charge is 0.496 e. The molecule has 0 aliphatic rings. The van der Waals surface area contributed by atoms with Crippen molar-refractivity contribution in [3.05, 3.63) is 64.2 Å². The maximum absolute atomic E-state index is 6.30. The van der Waals surface area contributed by atoms with Crippen molar-refractivity contribution in [1.29, 1.82) is 0 Å². The van der Waals surface area contributed by atoms with Crippen molar-refractivity contribution in [2.75, 3.05) is 13.7 Å². The molecule has 2 aromatic rings. The third-order valence-electron chi connectivity index (χ3n) is 3.59. The Morgan fingerprint density at radius 1 is 1.19 bits per heavy atom. The molecule has 0 saturated heterocycles. The van der Waals surface area contributed by atoms with Gasteiger partial charge in [-0.15, -0.1) is 0 Å². The maximum atomic E-state index is 6.30. The van der Waals surface area contributed by atoms with Gasteiger partial charge in [-0.2, -0.15) is 0 Å². The first-order valence-electron chi connectivity index (χ1n) is 7.27. The molecule has 0 spiro atoms. The van der Waals surface area contributed by atoms with Gasteiger partial charge < -0.3 is 10.1 Å². The monoisotopic (exact) mass is 303 g/mol. The average Bonchev–Trinajstić information content (AvgIpc) is 2.49. The van der Waals surface area contributed by atoms with Crippen molar-refractivity contribution in [2.45, 2.75) is 26.3 Å². The summed E-state index contributed by atoms with van der Waals surface area (Å²) in [5, 5.41) is 4.35. The Balaban J connectivity index is 2.35. The summed E-state index contributed by atoms with van der Waals surface area (Å²) >= 11 is 6.30. The van der Waals surface area contributed by atoms with Crippen LogP contribution in [0.2, 0.25) is 5.02 Å². The normalized spacial score (nSPS) is 12.2. The SMILES string of the molecule is CCNC(Cc1ccccc1Cl)c1cc(C)ccc1OC. The van der Waals surface area contributed by atoms with Crippen molar-refractivity contribution in [1.82, 2.24) is 5.32 Å². The summed E-state index contributed by atoms with van der Waals surface area (Å²) in [4.78, 5) is 0. The molecule has 2 nitrogen and oxygen atoms in total. The highest BCUT2D eigenvalue weighted by atomic mass is 35.5. The number of methoxy groups -OCH3 is 1. The first-order valence-corrected chi connectivity index (χ1v) is 7.64. The number of hydrogen-bond donors (Lipinski definition) is 1. The molecule has 0 fully saturated rings. The van der Waals surface area contributed by atoms with Gasteiger partial charge >= 0.3 is 0 Å². The van der Waals surface area contributed by atoms with Gasteiger partial charge in [-0.1, -0.05) is 54.4 Å². The molecule has 1 atom stereocenters. The van der Waals surface area contributed by atoms with Crippen LogP contribution in [0.15, 0.2) is 42.5 Å². The van der Waals surface area contributed by atoms with E-state index in [9.17, 15) is 0 Å². The molecular weight excluding hydrogens is 282 g/mol. The summed E-state index contributed by atoms with van der Waals surface area (Å²) in [5.74, 6) is 0.915. The number of benzene rings is 2. The molecule has 2 rings (SSSR count). The number of hydrogen-bond acceptors (Lipinski definition) is 2. The van der Waals surface area contributed by atoms with E-state index in [4.69, 9.17) is 16.3 Å². The molecule has 0 amide bonds. The van der Waals surface area contributed by atoms with Gasteiger partial charge in [0, 0.05) is 16.6 Å². The highest BCUT2D eigenvalue weighted by Crippen LogP contribution is 2.30. The Morgan fingerprint density at radius 2 is 1.95 bits per heavy atom. The summed E-state index contributed by atoms with van der Waals surface area (Å²) < 4.78 is 5.52. The minimum atomic E-state index is 0.185. The summed E-state index contributed by atoms with van der Waals surface area (Å²) in [6.07, 6.45) is 0.841. The first kappa shape index (κ1) is 15.9. The Labute approximate surface area is 132 Å². The molecular formula is C18H22ClNO. The molecule has 21 heavy (non-hydrogen) atoms. The standard InChI is InChI=1S/C18H22ClNO/c1-4-20-17(12-14-7-5-6-8-16(14)19)15-11-13(2)9-10-18(15)21-3/h5-11,17,20H,4,12H2,1-3H3. The molecule has 0 saturated carbocycles. The lowest BCUT2D eigenvalue weighted by Gasteiger charge is -2.22.